The van der Waals surface area contributed by atoms with Crippen LogP contribution in [0.3, 0.4) is 0 Å². The number of halogens is 1. The van der Waals surface area contributed by atoms with Crippen molar-refractivity contribution < 1.29 is 4.74 Å². The standard InChI is InChI=1S/C14H22ClNO/c1-13(7-5-10-15)16-11-6-12-17-14-8-3-2-4-9-14/h2-4,8-9,13,16H,5-7,10-12H2,1H3. The SMILES string of the molecule is CC(CCCCl)NCCCOc1ccccc1. The average molecular weight is 256 g/mol. The third-order valence-corrected chi connectivity index (χ3v) is 2.86. The van der Waals surface area contributed by atoms with Gasteiger partial charge in [-0.15, -0.1) is 11.6 Å². The maximum Gasteiger partial charge on any atom is 0.119 e. The van der Waals surface area contributed by atoms with Gasteiger partial charge < -0.3 is 10.1 Å². The Morgan fingerprint density at radius 3 is 2.71 bits per heavy atom. The van der Waals surface area contributed by atoms with Crippen LogP contribution in [0.2, 0.25) is 0 Å². The Morgan fingerprint density at radius 1 is 1.24 bits per heavy atom. The van der Waals surface area contributed by atoms with E-state index in [1.54, 1.807) is 0 Å². The van der Waals surface area contributed by atoms with Crippen molar-refractivity contribution in [1.29, 1.82) is 0 Å². The maximum absolute atomic E-state index is 5.65. The minimum atomic E-state index is 0.547. The summed E-state index contributed by atoms with van der Waals surface area (Å²) in [7, 11) is 0. The molecule has 1 atom stereocenters. The molecule has 0 spiro atoms. The number of para-hydroxylation sites is 1. The summed E-state index contributed by atoms with van der Waals surface area (Å²) in [5.41, 5.74) is 0. The normalized spacial score (nSPS) is 12.4. The fourth-order valence-electron chi connectivity index (χ4n) is 1.61. The molecule has 1 rings (SSSR count). The molecule has 3 heteroatoms. The third kappa shape index (κ3) is 7.24. The summed E-state index contributed by atoms with van der Waals surface area (Å²) < 4.78 is 5.61. The summed E-state index contributed by atoms with van der Waals surface area (Å²) in [4.78, 5) is 0. The van der Waals surface area contributed by atoms with E-state index >= 15 is 0 Å². The third-order valence-electron chi connectivity index (χ3n) is 2.60. The molecule has 0 aliphatic heterocycles. The predicted octanol–water partition coefficient (Wildman–Crippen LogP) is 3.45. The predicted molar refractivity (Wildman–Crippen MR) is 74.0 cm³/mol. The van der Waals surface area contributed by atoms with Gasteiger partial charge in [0.1, 0.15) is 5.75 Å². The Balaban J connectivity index is 1.97. The van der Waals surface area contributed by atoms with Crippen molar-refractivity contribution in [1.82, 2.24) is 5.32 Å². The van der Waals surface area contributed by atoms with Gasteiger partial charge in [0.25, 0.3) is 0 Å². The van der Waals surface area contributed by atoms with Crippen LogP contribution in [0.1, 0.15) is 26.2 Å². The van der Waals surface area contributed by atoms with Crippen LogP contribution in [-0.4, -0.2) is 25.1 Å². The second-order valence-corrected chi connectivity index (χ2v) is 4.58. The lowest BCUT2D eigenvalue weighted by Gasteiger charge is -2.13. The molecule has 0 fully saturated rings. The van der Waals surface area contributed by atoms with Gasteiger partial charge in [-0.1, -0.05) is 18.2 Å². The van der Waals surface area contributed by atoms with Crippen LogP contribution in [-0.2, 0) is 0 Å². The van der Waals surface area contributed by atoms with Crippen molar-refractivity contribution in [2.45, 2.75) is 32.2 Å². The quantitative estimate of drug-likeness (QED) is 0.539. The largest absolute Gasteiger partial charge is 0.494 e. The Bertz CT molecular complexity index is 279. The summed E-state index contributed by atoms with van der Waals surface area (Å²) in [5, 5.41) is 3.47. The zero-order valence-electron chi connectivity index (χ0n) is 10.5. The number of nitrogens with one attached hydrogen (secondary N) is 1. The molecule has 0 radical (unpaired) electrons. The second-order valence-electron chi connectivity index (χ2n) is 4.20. The summed E-state index contributed by atoms with van der Waals surface area (Å²) in [5.74, 6) is 1.70. The van der Waals surface area contributed by atoms with Crippen LogP contribution in [0.25, 0.3) is 0 Å². The van der Waals surface area contributed by atoms with E-state index in [-0.39, 0.29) is 0 Å². The average Bonchev–Trinajstić information content (AvgIpc) is 2.37. The zero-order valence-corrected chi connectivity index (χ0v) is 11.2. The van der Waals surface area contributed by atoms with E-state index in [1.807, 2.05) is 30.3 Å². The second kappa shape index (κ2) is 9.32. The molecular weight excluding hydrogens is 234 g/mol. The van der Waals surface area contributed by atoms with Crippen LogP contribution in [0.4, 0.5) is 0 Å². The molecule has 96 valence electrons. The number of hydrogen-bond donors (Lipinski definition) is 1. The first-order valence-electron chi connectivity index (χ1n) is 6.30. The Hall–Kier alpha value is -0.730. The van der Waals surface area contributed by atoms with E-state index in [4.69, 9.17) is 16.3 Å². The number of hydrogen-bond acceptors (Lipinski definition) is 2. The lowest BCUT2D eigenvalue weighted by atomic mass is 10.2. The first-order chi connectivity index (χ1) is 8.33. The zero-order chi connectivity index (χ0) is 12.3. The molecule has 1 aromatic carbocycles. The van der Waals surface area contributed by atoms with Crippen molar-refractivity contribution in [3.63, 3.8) is 0 Å². The highest BCUT2D eigenvalue weighted by atomic mass is 35.5. The van der Waals surface area contributed by atoms with Gasteiger partial charge in [-0.2, -0.15) is 0 Å². The van der Waals surface area contributed by atoms with Crippen LogP contribution >= 0.6 is 11.6 Å². The number of benzene rings is 1. The van der Waals surface area contributed by atoms with Crippen LogP contribution < -0.4 is 10.1 Å². The monoisotopic (exact) mass is 255 g/mol. The molecule has 1 N–H and O–H groups in total. The molecule has 0 amide bonds. The van der Waals surface area contributed by atoms with Crippen molar-refractivity contribution in [3.8, 4) is 5.75 Å². The molecule has 17 heavy (non-hydrogen) atoms. The molecule has 0 aliphatic carbocycles. The van der Waals surface area contributed by atoms with Gasteiger partial charge in [0, 0.05) is 11.9 Å². The van der Waals surface area contributed by atoms with Crippen LogP contribution in [0, 0.1) is 0 Å². The van der Waals surface area contributed by atoms with Gasteiger partial charge in [0.15, 0.2) is 0 Å². The van der Waals surface area contributed by atoms with Gasteiger partial charge in [-0.25, -0.2) is 0 Å². The maximum atomic E-state index is 5.65. The molecule has 0 heterocycles. The molecular formula is C14H22ClNO. The van der Waals surface area contributed by atoms with Gasteiger partial charge in [0.2, 0.25) is 0 Å². The first kappa shape index (κ1) is 14.3. The molecule has 1 aromatic rings. The van der Waals surface area contributed by atoms with E-state index in [1.165, 1.54) is 0 Å². The van der Waals surface area contributed by atoms with Gasteiger partial charge in [-0.05, 0) is 44.9 Å². The van der Waals surface area contributed by atoms with E-state index in [0.717, 1.165) is 44.0 Å². The lowest BCUT2D eigenvalue weighted by molar-refractivity contribution is 0.304. The lowest BCUT2D eigenvalue weighted by Crippen LogP contribution is -2.27. The van der Waals surface area contributed by atoms with Crippen molar-refractivity contribution >= 4 is 11.6 Å². The van der Waals surface area contributed by atoms with Gasteiger partial charge >= 0.3 is 0 Å². The van der Waals surface area contributed by atoms with E-state index in [0.29, 0.717) is 6.04 Å². The number of alkyl halides is 1. The summed E-state index contributed by atoms with van der Waals surface area (Å²) in [6, 6.07) is 10.5. The molecule has 0 aromatic heterocycles. The fraction of sp³-hybridized carbons (Fsp3) is 0.571. The highest BCUT2D eigenvalue weighted by Gasteiger charge is 1.99. The fourth-order valence-corrected chi connectivity index (χ4v) is 1.77. The molecule has 0 saturated carbocycles. The van der Waals surface area contributed by atoms with Crippen LogP contribution in [0.5, 0.6) is 5.75 Å². The van der Waals surface area contributed by atoms with E-state index < -0.39 is 0 Å². The van der Waals surface area contributed by atoms with E-state index in [2.05, 4.69) is 12.2 Å². The topological polar surface area (TPSA) is 21.3 Å². The molecule has 0 saturated heterocycles. The first-order valence-corrected chi connectivity index (χ1v) is 6.83. The van der Waals surface area contributed by atoms with E-state index in [9.17, 15) is 0 Å². The minimum Gasteiger partial charge on any atom is -0.494 e. The Labute approximate surface area is 109 Å². The van der Waals surface area contributed by atoms with Gasteiger partial charge in [0.05, 0.1) is 6.61 Å². The highest BCUT2D eigenvalue weighted by Crippen LogP contribution is 2.08. The molecule has 2 nitrogen and oxygen atoms in total. The van der Waals surface area contributed by atoms with Crippen molar-refractivity contribution in [2.24, 2.45) is 0 Å². The molecule has 0 bridgehead atoms. The van der Waals surface area contributed by atoms with Gasteiger partial charge in [-0.3, -0.25) is 0 Å². The minimum absolute atomic E-state index is 0.547. The Morgan fingerprint density at radius 2 is 2.00 bits per heavy atom. The summed E-state index contributed by atoms with van der Waals surface area (Å²) >= 11 is 5.65. The number of ether oxygens (including phenoxy) is 1. The smallest absolute Gasteiger partial charge is 0.119 e. The molecule has 1 unspecified atom stereocenters. The number of rotatable bonds is 9. The summed E-state index contributed by atoms with van der Waals surface area (Å²) in [6.45, 7) is 3.96. The van der Waals surface area contributed by atoms with Crippen molar-refractivity contribution in [2.75, 3.05) is 19.0 Å². The summed E-state index contributed by atoms with van der Waals surface area (Å²) in [6.07, 6.45) is 3.25. The van der Waals surface area contributed by atoms with Crippen molar-refractivity contribution in [3.05, 3.63) is 30.3 Å². The molecule has 0 aliphatic rings. The Kier molecular flexibility index (Phi) is 7.85. The highest BCUT2D eigenvalue weighted by molar-refractivity contribution is 6.17. The van der Waals surface area contributed by atoms with Crippen LogP contribution in [0.15, 0.2) is 30.3 Å².